The van der Waals surface area contributed by atoms with Crippen molar-refractivity contribution >= 4 is 29.4 Å². The average Bonchev–Trinajstić information content (AvgIpc) is 2.92. The first kappa shape index (κ1) is 14.1. The van der Waals surface area contributed by atoms with Crippen molar-refractivity contribution in [3.63, 3.8) is 0 Å². The van der Waals surface area contributed by atoms with E-state index in [0.717, 1.165) is 17.5 Å². The number of aliphatic imine (C=N–C) groups is 1. The summed E-state index contributed by atoms with van der Waals surface area (Å²) in [6.45, 7) is 0. The first-order valence-electron chi connectivity index (χ1n) is 5.57. The fraction of sp³-hybridized carbons (Fsp3) is 0.167. The summed E-state index contributed by atoms with van der Waals surface area (Å²) >= 11 is 1.16. The molecular weight excluding hydrogens is 283 g/mol. The topological polar surface area (TPSA) is 67.6 Å². The van der Waals surface area contributed by atoms with Gasteiger partial charge in [-0.15, -0.1) is 11.3 Å². The number of carbonyl (C=O) groups is 1. The Morgan fingerprint density at radius 2 is 2.30 bits per heavy atom. The van der Waals surface area contributed by atoms with Crippen LogP contribution in [-0.2, 0) is 0 Å². The van der Waals surface area contributed by atoms with Crippen molar-refractivity contribution in [2.24, 2.45) is 4.99 Å². The second-order valence-corrected chi connectivity index (χ2v) is 5.00. The SMILES string of the molecule is CN(C)/C=N/c1nc(=O)n(C(=O)c2cccs2)cc1F. The van der Waals surface area contributed by atoms with Crippen LogP contribution in [0.4, 0.5) is 10.2 Å². The van der Waals surface area contributed by atoms with E-state index >= 15 is 0 Å². The molecule has 0 aliphatic carbocycles. The highest BCUT2D eigenvalue weighted by atomic mass is 32.1. The van der Waals surface area contributed by atoms with E-state index < -0.39 is 17.4 Å². The predicted molar refractivity (Wildman–Crippen MR) is 74.3 cm³/mol. The number of rotatable bonds is 3. The van der Waals surface area contributed by atoms with E-state index in [2.05, 4.69) is 9.98 Å². The van der Waals surface area contributed by atoms with Gasteiger partial charge < -0.3 is 4.90 Å². The number of nitrogens with zero attached hydrogens (tertiary/aromatic N) is 4. The average molecular weight is 294 g/mol. The number of aromatic nitrogens is 2. The third-order valence-corrected chi connectivity index (χ3v) is 3.08. The quantitative estimate of drug-likeness (QED) is 0.633. The molecular formula is C12H11FN4O2S. The highest BCUT2D eigenvalue weighted by Gasteiger charge is 2.15. The van der Waals surface area contributed by atoms with Crippen molar-refractivity contribution in [1.29, 1.82) is 0 Å². The molecule has 0 saturated heterocycles. The molecule has 104 valence electrons. The lowest BCUT2D eigenvalue weighted by atomic mass is 10.4. The Labute approximate surface area is 117 Å². The van der Waals surface area contributed by atoms with Gasteiger partial charge in [-0.25, -0.2) is 18.7 Å². The summed E-state index contributed by atoms with van der Waals surface area (Å²) in [5.41, 5.74) is -0.865. The Morgan fingerprint density at radius 3 is 2.90 bits per heavy atom. The third kappa shape index (κ3) is 2.97. The van der Waals surface area contributed by atoms with E-state index in [1.54, 1.807) is 36.5 Å². The zero-order valence-corrected chi connectivity index (χ0v) is 11.6. The van der Waals surface area contributed by atoms with Gasteiger partial charge >= 0.3 is 5.69 Å². The van der Waals surface area contributed by atoms with Crippen LogP contribution in [0.5, 0.6) is 0 Å². The Hall–Kier alpha value is -2.35. The van der Waals surface area contributed by atoms with Gasteiger partial charge in [0.05, 0.1) is 17.4 Å². The minimum absolute atomic E-state index is 0.331. The summed E-state index contributed by atoms with van der Waals surface area (Å²) in [4.78, 5) is 32.8. The van der Waals surface area contributed by atoms with Crippen LogP contribution in [0.3, 0.4) is 0 Å². The molecule has 0 aliphatic heterocycles. The van der Waals surface area contributed by atoms with Gasteiger partial charge in [0.2, 0.25) is 0 Å². The first-order chi connectivity index (χ1) is 9.49. The first-order valence-corrected chi connectivity index (χ1v) is 6.45. The summed E-state index contributed by atoms with van der Waals surface area (Å²) in [7, 11) is 3.39. The van der Waals surface area contributed by atoms with Crippen LogP contribution < -0.4 is 5.69 Å². The lowest BCUT2D eigenvalue weighted by Crippen LogP contribution is -2.29. The molecule has 2 heterocycles. The van der Waals surface area contributed by atoms with Crippen molar-refractivity contribution in [2.45, 2.75) is 0 Å². The molecule has 0 aliphatic rings. The number of hydrogen-bond acceptors (Lipinski definition) is 5. The Kier molecular flexibility index (Phi) is 4.04. The number of carbonyl (C=O) groups excluding carboxylic acids is 1. The minimum Gasteiger partial charge on any atom is -0.369 e. The maximum absolute atomic E-state index is 13.8. The standard InChI is InChI=1S/C12H11FN4O2S/c1-16(2)7-14-10-8(13)6-17(12(19)15-10)11(18)9-4-3-5-20-9/h3-7H,1-2H3/b14-7+. The molecule has 20 heavy (non-hydrogen) atoms. The van der Waals surface area contributed by atoms with E-state index in [-0.39, 0.29) is 5.82 Å². The second kappa shape index (κ2) is 5.74. The summed E-state index contributed by atoms with van der Waals surface area (Å²) in [6, 6.07) is 3.22. The molecule has 0 atom stereocenters. The Morgan fingerprint density at radius 1 is 1.55 bits per heavy atom. The number of thiophene rings is 1. The highest BCUT2D eigenvalue weighted by molar-refractivity contribution is 7.12. The van der Waals surface area contributed by atoms with E-state index in [9.17, 15) is 14.0 Å². The maximum Gasteiger partial charge on any atom is 0.356 e. The number of halogens is 1. The largest absolute Gasteiger partial charge is 0.369 e. The van der Waals surface area contributed by atoms with Gasteiger partial charge in [0, 0.05) is 14.1 Å². The second-order valence-electron chi connectivity index (χ2n) is 4.06. The molecule has 0 spiro atoms. The molecule has 0 radical (unpaired) electrons. The maximum atomic E-state index is 13.8. The van der Waals surface area contributed by atoms with Gasteiger partial charge in [-0.05, 0) is 11.4 Å². The normalized spacial score (nSPS) is 10.9. The molecule has 0 bridgehead atoms. The predicted octanol–water partition coefficient (Wildman–Crippen LogP) is 1.35. The van der Waals surface area contributed by atoms with Crippen molar-refractivity contribution in [2.75, 3.05) is 14.1 Å². The highest BCUT2D eigenvalue weighted by Crippen LogP contribution is 2.13. The van der Waals surface area contributed by atoms with Crippen LogP contribution >= 0.6 is 11.3 Å². The molecule has 0 fully saturated rings. The van der Waals surface area contributed by atoms with Crippen molar-refractivity contribution in [3.8, 4) is 0 Å². The van der Waals surface area contributed by atoms with Gasteiger partial charge in [0.1, 0.15) is 0 Å². The van der Waals surface area contributed by atoms with Crippen LogP contribution in [0.1, 0.15) is 9.67 Å². The lowest BCUT2D eigenvalue weighted by Gasteiger charge is -2.04. The zero-order chi connectivity index (χ0) is 14.7. The molecule has 8 heteroatoms. The van der Waals surface area contributed by atoms with Crippen LogP contribution in [0, 0.1) is 5.82 Å². The smallest absolute Gasteiger partial charge is 0.356 e. The van der Waals surface area contributed by atoms with E-state index in [0.29, 0.717) is 9.44 Å². The summed E-state index contributed by atoms with van der Waals surface area (Å²) in [6.07, 6.45) is 2.12. The molecule has 0 amide bonds. The van der Waals surface area contributed by atoms with E-state index in [1.165, 1.54) is 6.34 Å². The fourth-order valence-corrected chi connectivity index (χ4v) is 2.01. The molecule has 2 aromatic heterocycles. The summed E-state index contributed by atoms with van der Waals surface area (Å²) < 4.78 is 14.4. The van der Waals surface area contributed by atoms with Gasteiger partial charge in [0.15, 0.2) is 11.6 Å². The summed E-state index contributed by atoms with van der Waals surface area (Å²) in [5, 5.41) is 1.69. The molecule has 0 aromatic carbocycles. The van der Waals surface area contributed by atoms with E-state index in [4.69, 9.17) is 0 Å². The van der Waals surface area contributed by atoms with Crippen LogP contribution in [0.25, 0.3) is 0 Å². The molecule has 0 N–H and O–H groups in total. The van der Waals surface area contributed by atoms with Crippen molar-refractivity contribution < 1.29 is 9.18 Å². The van der Waals surface area contributed by atoms with Crippen LogP contribution in [0.15, 0.2) is 33.5 Å². The number of hydrogen-bond donors (Lipinski definition) is 0. The Bertz CT molecular complexity index is 707. The lowest BCUT2D eigenvalue weighted by molar-refractivity contribution is 0.0957. The molecule has 0 unspecified atom stereocenters. The van der Waals surface area contributed by atoms with Crippen LogP contribution in [-0.4, -0.2) is 40.8 Å². The molecule has 0 saturated carbocycles. The Balaban J connectivity index is 2.41. The summed E-state index contributed by atoms with van der Waals surface area (Å²) in [5.74, 6) is -1.80. The zero-order valence-electron chi connectivity index (χ0n) is 10.8. The third-order valence-electron chi connectivity index (χ3n) is 2.23. The molecule has 6 nitrogen and oxygen atoms in total. The molecule has 2 aromatic rings. The monoisotopic (exact) mass is 294 g/mol. The van der Waals surface area contributed by atoms with Gasteiger partial charge in [-0.1, -0.05) is 6.07 Å². The van der Waals surface area contributed by atoms with E-state index in [1.807, 2.05) is 0 Å². The van der Waals surface area contributed by atoms with Gasteiger partial charge in [-0.2, -0.15) is 4.98 Å². The van der Waals surface area contributed by atoms with Crippen LogP contribution in [0.2, 0.25) is 0 Å². The molecule has 2 rings (SSSR count). The fourth-order valence-electron chi connectivity index (χ4n) is 1.35. The van der Waals surface area contributed by atoms with Gasteiger partial charge in [0.25, 0.3) is 5.91 Å². The minimum atomic E-state index is -0.865. The van der Waals surface area contributed by atoms with Crippen molar-refractivity contribution in [3.05, 3.63) is 44.9 Å². The van der Waals surface area contributed by atoms with Crippen molar-refractivity contribution in [1.82, 2.24) is 14.5 Å². The van der Waals surface area contributed by atoms with Gasteiger partial charge in [-0.3, -0.25) is 4.79 Å².